The molecule has 4 heteroatoms. The maximum atomic E-state index is 12.0. The minimum atomic E-state index is 0.111. The molecule has 1 heterocycles. The minimum Gasteiger partial charge on any atom is -0.486 e. The van der Waals surface area contributed by atoms with Gasteiger partial charge in [-0.15, -0.1) is 0 Å². The lowest BCUT2D eigenvalue weighted by atomic mass is 10.0. The van der Waals surface area contributed by atoms with Gasteiger partial charge < -0.3 is 14.8 Å². The summed E-state index contributed by atoms with van der Waals surface area (Å²) in [7, 11) is 0. The van der Waals surface area contributed by atoms with Gasteiger partial charge in [0.05, 0.1) is 0 Å². The number of ether oxygens (including phenoxy) is 2. The van der Waals surface area contributed by atoms with Gasteiger partial charge in [0.2, 0.25) is 5.91 Å². The van der Waals surface area contributed by atoms with E-state index in [0.717, 1.165) is 24.3 Å². The van der Waals surface area contributed by atoms with Crippen LogP contribution < -0.4 is 14.8 Å². The normalized spacial score (nSPS) is 14.0. The van der Waals surface area contributed by atoms with Gasteiger partial charge in [0.1, 0.15) is 13.2 Å². The highest BCUT2D eigenvalue weighted by molar-refractivity contribution is 5.75. The van der Waals surface area contributed by atoms with Crippen LogP contribution in [0.3, 0.4) is 0 Å². The number of hydrogen-bond donors (Lipinski definition) is 1. The zero-order chi connectivity index (χ0) is 17.5. The second kappa shape index (κ2) is 8.56. The second-order valence-corrected chi connectivity index (χ2v) is 6.45. The highest BCUT2D eigenvalue weighted by atomic mass is 16.6. The van der Waals surface area contributed by atoms with Crippen LogP contribution in [0.1, 0.15) is 36.8 Å². The molecule has 0 saturated carbocycles. The van der Waals surface area contributed by atoms with E-state index in [1.807, 2.05) is 36.4 Å². The van der Waals surface area contributed by atoms with Gasteiger partial charge in [-0.2, -0.15) is 0 Å². The number of amides is 1. The van der Waals surface area contributed by atoms with E-state index in [2.05, 4.69) is 24.4 Å². The fraction of sp³-hybridized carbons (Fsp3) is 0.381. The molecule has 0 spiro atoms. The molecule has 0 radical (unpaired) electrons. The highest BCUT2D eigenvalue weighted by Gasteiger charge is 2.12. The molecule has 1 aliphatic heterocycles. The lowest BCUT2D eigenvalue weighted by molar-refractivity contribution is -0.121. The topological polar surface area (TPSA) is 47.6 Å². The fourth-order valence-electron chi connectivity index (χ4n) is 2.95. The van der Waals surface area contributed by atoms with Crippen LogP contribution in [-0.4, -0.2) is 25.7 Å². The molecule has 25 heavy (non-hydrogen) atoms. The average Bonchev–Trinajstić information content (AvgIpc) is 2.66. The van der Waals surface area contributed by atoms with Crippen LogP contribution in [0.25, 0.3) is 0 Å². The number of nitrogens with one attached hydrogen (secondary N) is 1. The Balaban J connectivity index is 1.39. The van der Waals surface area contributed by atoms with Crippen LogP contribution in [0.2, 0.25) is 0 Å². The predicted molar refractivity (Wildman–Crippen MR) is 98.2 cm³/mol. The Bertz CT molecular complexity index is 700. The molecule has 2 aromatic carbocycles. The molecule has 0 fully saturated rings. The standard InChI is InChI=1S/C21H25NO3/c1-16(18-7-3-2-4-8-18)15-22-21(23)9-5-6-17-10-11-19-20(14-17)25-13-12-24-19/h2-4,7-8,10-11,14,16H,5-6,9,12-13,15H2,1H3,(H,22,23)/t16-/m1/s1. The molecule has 2 aromatic rings. The summed E-state index contributed by atoms with van der Waals surface area (Å²) in [6.45, 7) is 4.00. The van der Waals surface area contributed by atoms with E-state index in [-0.39, 0.29) is 5.91 Å². The molecule has 0 bridgehead atoms. The smallest absolute Gasteiger partial charge is 0.220 e. The molecule has 1 N–H and O–H groups in total. The Morgan fingerprint density at radius 3 is 2.64 bits per heavy atom. The molecule has 1 aliphatic rings. The first-order valence-electron chi connectivity index (χ1n) is 8.92. The Hall–Kier alpha value is -2.49. The van der Waals surface area contributed by atoms with Gasteiger partial charge in [-0.05, 0) is 42.0 Å². The van der Waals surface area contributed by atoms with Gasteiger partial charge in [-0.25, -0.2) is 0 Å². The first-order chi connectivity index (χ1) is 12.2. The van der Waals surface area contributed by atoms with Crippen molar-refractivity contribution in [2.45, 2.75) is 32.1 Å². The Morgan fingerprint density at radius 2 is 1.84 bits per heavy atom. The number of aryl methyl sites for hydroxylation is 1. The predicted octanol–water partition coefficient (Wildman–Crippen LogP) is 3.70. The summed E-state index contributed by atoms with van der Waals surface area (Å²) in [5.74, 6) is 2.05. The van der Waals surface area contributed by atoms with Crippen molar-refractivity contribution >= 4 is 5.91 Å². The Kier molecular flexibility index (Phi) is 5.94. The fourth-order valence-corrected chi connectivity index (χ4v) is 2.95. The van der Waals surface area contributed by atoms with E-state index in [1.165, 1.54) is 11.1 Å². The number of rotatable bonds is 7. The molecular formula is C21H25NO3. The van der Waals surface area contributed by atoms with Crippen LogP contribution in [-0.2, 0) is 11.2 Å². The molecule has 0 aromatic heterocycles. The number of carbonyl (C=O) groups is 1. The van der Waals surface area contributed by atoms with Crippen molar-refractivity contribution in [2.75, 3.05) is 19.8 Å². The third kappa shape index (κ3) is 4.99. The summed E-state index contributed by atoms with van der Waals surface area (Å²) >= 11 is 0. The van der Waals surface area contributed by atoms with E-state index < -0.39 is 0 Å². The quantitative estimate of drug-likeness (QED) is 0.837. The van der Waals surface area contributed by atoms with Gasteiger partial charge in [0.25, 0.3) is 0 Å². The molecule has 3 rings (SSSR count). The van der Waals surface area contributed by atoms with Gasteiger partial charge >= 0.3 is 0 Å². The van der Waals surface area contributed by atoms with E-state index in [1.54, 1.807) is 0 Å². The third-order valence-electron chi connectivity index (χ3n) is 4.45. The van der Waals surface area contributed by atoms with Crippen molar-refractivity contribution in [1.29, 1.82) is 0 Å². The van der Waals surface area contributed by atoms with Gasteiger partial charge in [-0.1, -0.05) is 43.3 Å². The Morgan fingerprint density at radius 1 is 1.08 bits per heavy atom. The lowest BCUT2D eigenvalue weighted by Crippen LogP contribution is -2.27. The van der Waals surface area contributed by atoms with Crippen LogP contribution in [0.15, 0.2) is 48.5 Å². The zero-order valence-corrected chi connectivity index (χ0v) is 14.7. The van der Waals surface area contributed by atoms with Crippen LogP contribution in [0.4, 0.5) is 0 Å². The van der Waals surface area contributed by atoms with Crippen molar-refractivity contribution in [3.8, 4) is 11.5 Å². The van der Waals surface area contributed by atoms with Gasteiger partial charge in [0, 0.05) is 13.0 Å². The first-order valence-corrected chi connectivity index (χ1v) is 8.92. The maximum Gasteiger partial charge on any atom is 0.220 e. The summed E-state index contributed by atoms with van der Waals surface area (Å²) in [6.07, 6.45) is 2.22. The minimum absolute atomic E-state index is 0.111. The van der Waals surface area contributed by atoms with Crippen molar-refractivity contribution < 1.29 is 14.3 Å². The number of fused-ring (bicyclic) bond motifs is 1. The van der Waals surface area contributed by atoms with Crippen molar-refractivity contribution in [2.24, 2.45) is 0 Å². The van der Waals surface area contributed by atoms with Crippen molar-refractivity contribution in [3.63, 3.8) is 0 Å². The van der Waals surface area contributed by atoms with Crippen LogP contribution in [0, 0.1) is 0 Å². The maximum absolute atomic E-state index is 12.0. The largest absolute Gasteiger partial charge is 0.486 e. The summed E-state index contributed by atoms with van der Waals surface area (Å²) in [5, 5.41) is 3.03. The number of benzene rings is 2. The molecule has 132 valence electrons. The highest BCUT2D eigenvalue weighted by Crippen LogP contribution is 2.31. The van der Waals surface area contributed by atoms with E-state index in [0.29, 0.717) is 32.1 Å². The first kappa shape index (κ1) is 17.3. The summed E-state index contributed by atoms with van der Waals surface area (Å²) in [6, 6.07) is 16.3. The molecular weight excluding hydrogens is 314 g/mol. The third-order valence-corrected chi connectivity index (χ3v) is 4.45. The Labute approximate surface area is 149 Å². The molecule has 0 unspecified atom stereocenters. The lowest BCUT2D eigenvalue weighted by Gasteiger charge is -2.18. The monoisotopic (exact) mass is 339 g/mol. The summed E-state index contributed by atoms with van der Waals surface area (Å²) in [4.78, 5) is 12.0. The zero-order valence-electron chi connectivity index (χ0n) is 14.7. The van der Waals surface area contributed by atoms with Crippen molar-refractivity contribution in [1.82, 2.24) is 5.32 Å². The second-order valence-electron chi connectivity index (χ2n) is 6.45. The van der Waals surface area contributed by atoms with Crippen LogP contribution >= 0.6 is 0 Å². The van der Waals surface area contributed by atoms with Crippen molar-refractivity contribution in [3.05, 3.63) is 59.7 Å². The average molecular weight is 339 g/mol. The molecule has 0 aliphatic carbocycles. The SMILES string of the molecule is C[C@H](CNC(=O)CCCc1ccc2c(c1)OCCO2)c1ccccc1. The van der Waals surface area contributed by atoms with Crippen LogP contribution in [0.5, 0.6) is 11.5 Å². The van der Waals surface area contributed by atoms with E-state index >= 15 is 0 Å². The summed E-state index contributed by atoms with van der Waals surface area (Å²) < 4.78 is 11.1. The van der Waals surface area contributed by atoms with Gasteiger partial charge in [0.15, 0.2) is 11.5 Å². The van der Waals surface area contributed by atoms with Gasteiger partial charge in [-0.3, -0.25) is 4.79 Å². The van der Waals surface area contributed by atoms with E-state index in [4.69, 9.17) is 9.47 Å². The molecule has 0 saturated heterocycles. The molecule has 1 amide bonds. The summed E-state index contributed by atoms with van der Waals surface area (Å²) in [5.41, 5.74) is 2.42. The number of hydrogen-bond acceptors (Lipinski definition) is 3. The van der Waals surface area contributed by atoms with E-state index in [9.17, 15) is 4.79 Å². The number of carbonyl (C=O) groups excluding carboxylic acids is 1. The molecule has 1 atom stereocenters. The molecule has 4 nitrogen and oxygen atoms in total.